The first-order chi connectivity index (χ1) is 6.24. The minimum Gasteiger partial charge on any atom is -0.358 e. The Hall–Kier alpha value is -1.45. The molecule has 1 aromatic rings. The van der Waals surface area contributed by atoms with E-state index < -0.39 is 11.6 Å². The number of halogens is 2. The molecule has 1 rings (SSSR count). The van der Waals surface area contributed by atoms with Gasteiger partial charge < -0.3 is 5.32 Å². The molecular formula is C9H9F2NO. The molecule has 0 atom stereocenters. The molecule has 0 saturated carbocycles. The number of benzene rings is 1. The van der Waals surface area contributed by atoms with Gasteiger partial charge in [0.05, 0.1) is 0 Å². The maximum Gasteiger partial charge on any atom is 0.207 e. The molecule has 0 aliphatic heterocycles. The highest BCUT2D eigenvalue weighted by Crippen LogP contribution is 2.08. The maximum absolute atomic E-state index is 12.6. The second-order valence-corrected chi connectivity index (χ2v) is 2.57. The van der Waals surface area contributed by atoms with Crippen LogP contribution in [0.15, 0.2) is 18.2 Å². The molecule has 70 valence electrons. The Bertz CT molecular complexity index is 302. The Labute approximate surface area is 74.6 Å². The second kappa shape index (κ2) is 4.54. The molecule has 1 amide bonds. The summed E-state index contributed by atoms with van der Waals surface area (Å²) in [5.41, 5.74) is 0.660. The molecule has 0 radical (unpaired) electrons. The predicted molar refractivity (Wildman–Crippen MR) is 44.1 cm³/mol. The summed E-state index contributed by atoms with van der Waals surface area (Å²) in [6.07, 6.45) is 1.07. The third-order valence-corrected chi connectivity index (χ3v) is 1.63. The lowest BCUT2D eigenvalue weighted by atomic mass is 10.1. The van der Waals surface area contributed by atoms with Crippen LogP contribution < -0.4 is 5.32 Å². The van der Waals surface area contributed by atoms with Crippen molar-refractivity contribution < 1.29 is 13.6 Å². The van der Waals surface area contributed by atoms with Crippen molar-refractivity contribution in [1.82, 2.24) is 5.32 Å². The summed E-state index contributed by atoms with van der Waals surface area (Å²) in [6.45, 7) is 0.425. The average molecular weight is 185 g/mol. The van der Waals surface area contributed by atoms with Crippen LogP contribution in [-0.2, 0) is 11.2 Å². The van der Waals surface area contributed by atoms with Crippen LogP contribution in [0.1, 0.15) is 5.56 Å². The number of hydrogen-bond acceptors (Lipinski definition) is 1. The largest absolute Gasteiger partial charge is 0.358 e. The van der Waals surface area contributed by atoms with E-state index in [0.29, 0.717) is 24.9 Å². The number of rotatable bonds is 4. The SMILES string of the molecule is O=CNCCc1ccc(F)c(F)c1. The zero-order chi connectivity index (χ0) is 9.68. The van der Waals surface area contributed by atoms with Crippen LogP contribution in [0, 0.1) is 11.6 Å². The van der Waals surface area contributed by atoms with Crippen molar-refractivity contribution >= 4 is 6.41 Å². The van der Waals surface area contributed by atoms with Crippen molar-refractivity contribution in [3.63, 3.8) is 0 Å². The van der Waals surface area contributed by atoms with E-state index in [2.05, 4.69) is 5.32 Å². The molecule has 0 heterocycles. The van der Waals surface area contributed by atoms with Gasteiger partial charge in [-0.1, -0.05) is 6.07 Å². The van der Waals surface area contributed by atoms with Gasteiger partial charge in [0.25, 0.3) is 0 Å². The van der Waals surface area contributed by atoms with Crippen LogP contribution in [0.3, 0.4) is 0 Å². The highest BCUT2D eigenvalue weighted by molar-refractivity contribution is 5.45. The van der Waals surface area contributed by atoms with E-state index in [1.807, 2.05) is 0 Å². The third kappa shape index (κ3) is 2.82. The summed E-state index contributed by atoms with van der Waals surface area (Å²) in [7, 11) is 0. The van der Waals surface area contributed by atoms with Crippen LogP contribution in [0.5, 0.6) is 0 Å². The van der Waals surface area contributed by atoms with E-state index in [9.17, 15) is 13.6 Å². The molecule has 0 fully saturated rings. The topological polar surface area (TPSA) is 29.1 Å². The predicted octanol–water partition coefficient (Wildman–Crippen LogP) is 1.25. The first-order valence-corrected chi connectivity index (χ1v) is 3.85. The monoisotopic (exact) mass is 185 g/mol. The van der Waals surface area contributed by atoms with E-state index in [0.717, 1.165) is 12.1 Å². The lowest BCUT2D eigenvalue weighted by Gasteiger charge is -2.00. The molecule has 0 aliphatic rings. The van der Waals surface area contributed by atoms with Crippen LogP contribution in [0.4, 0.5) is 8.78 Å². The number of amides is 1. The van der Waals surface area contributed by atoms with E-state index >= 15 is 0 Å². The van der Waals surface area contributed by atoms with Crippen molar-refractivity contribution in [3.8, 4) is 0 Å². The molecule has 0 aromatic heterocycles. The Morgan fingerprint density at radius 1 is 1.31 bits per heavy atom. The summed E-state index contributed by atoms with van der Waals surface area (Å²) in [6, 6.07) is 3.69. The van der Waals surface area contributed by atoms with Crippen molar-refractivity contribution in [2.45, 2.75) is 6.42 Å². The standard InChI is InChI=1S/C9H9F2NO/c10-8-2-1-7(5-9(8)11)3-4-12-6-13/h1-2,5-6H,3-4H2,(H,12,13). The van der Waals surface area contributed by atoms with Gasteiger partial charge in [-0.2, -0.15) is 0 Å². The molecule has 13 heavy (non-hydrogen) atoms. The van der Waals surface area contributed by atoms with Gasteiger partial charge in [0.2, 0.25) is 6.41 Å². The van der Waals surface area contributed by atoms with Gasteiger partial charge in [-0.25, -0.2) is 8.78 Å². The minimum atomic E-state index is -0.858. The van der Waals surface area contributed by atoms with Gasteiger partial charge >= 0.3 is 0 Å². The number of hydrogen-bond donors (Lipinski definition) is 1. The zero-order valence-corrected chi connectivity index (χ0v) is 6.89. The number of carbonyl (C=O) groups excluding carboxylic acids is 1. The van der Waals surface area contributed by atoms with Gasteiger partial charge in [-0.05, 0) is 24.1 Å². The molecule has 1 N–H and O–H groups in total. The van der Waals surface area contributed by atoms with E-state index in [-0.39, 0.29) is 0 Å². The Morgan fingerprint density at radius 2 is 2.08 bits per heavy atom. The molecule has 0 aliphatic carbocycles. The fourth-order valence-electron chi connectivity index (χ4n) is 0.971. The first-order valence-electron chi connectivity index (χ1n) is 3.85. The minimum absolute atomic E-state index is 0.425. The van der Waals surface area contributed by atoms with Crippen LogP contribution in [-0.4, -0.2) is 13.0 Å². The maximum atomic E-state index is 12.6. The number of nitrogens with one attached hydrogen (secondary N) is 1. The van der Waals surface area contributed by atoms with Gasteiger partial charge in [-0.15, -0.1) is 0 Å². The number of carbonyl (C=O) groups is 1. The Kier molecular flexibility index (Phi) is 3.37. The Morgan fingerprint density at radius 3 is 2.69 bits per heavy atom. The van der Waals surface area contributed by atoms with Crippen molar-refractivity contribution in [3.05, 3.63) is 35.4 Å². The average Bonchev–Trinajstić information content (AvgIpc) is 2.12. The zero-order valence-electron chi connectivity index (χ0n) is 6.89. The fourth-order valence-corrected chi connectivity index (χ4v) is 0.971. The molecule has 4 heteroatoms. The van der Waals surface area contributed by atoms with E-state index in [1.54, 1.807) is 0 Å². The van der Waals surface area contributed by atoms with E-state index in [4.69, 9.17) is 0 Å². The first kappa shape index (κ1) is 9.64. The van der Waals surface area contributed by atoms with E-state index in [1.165, 1.54) is 6.07 Å². The van der Waals surface area contributed by atoms with Crippen molar-refractivity contribution in [2.75, 3.05) is 6.54 Å². The fraction of sp³-hybridized carbons (Fsp3) is 0.222. The van der Waals surface area contributed by atoms with Crippen LogP contribution in [0.2, 0.25) is 0 Å². The van der Waals surface area contributed by atoms with Gasteiger partial charge in [0.15, 0.2) is 11.6 Å². The molecule has 0 saturated heterocycles. The smallest absolute Gasteiger partial charge is 0.207 e. The van der Waals surface area contributed by atoms with Gasteiger partial charge in [0.1, 0.15) is 0 Å². The highest BCUT2D eigenvalue weighted by Gasteiger charge is 2.01. The second-order valence-electron chi connectivity index (χ2n) is 2.57. The summed E-state index contributed by atoms with van der Waals surface area (Å²) in [4.78, 5) is 9.87. The highest BCUT2D eigenvalue weighted by atomic mass is 19.2. The third-order valence-electron chi connectivity index (χ3n) is 1.63. The van der Waals surface area contributed by atoms with Crippen molar-refractivity contribution in [2.24, 2.45) is 0 Å². The van der Waals surface area contributed by atoms with Crippen molar-refractivity contribution in [1.29, 1.82) is 0 Å². The summed E-state index contributed by atoms with van der Waals surface area (Å²) < 4.78 is 25.1. The molecule has 0 unspecified atom stereocenters. The molecule has 0 spiro atoms. The quantitative estimate of drug-likeness (QED) is 0.555. The summed E-state index contributed by atoms with van der Waals surface area (Å²) in [5, 5.41) is 2.43. The molecule has 0 bridgehead atoms. The molecule has 1 aromatic carbocycles. The lowest BCUT2D eigenvalue weighted by Crippen LogP contribution is -2.14. The van der Waals surface area contributed by atoms with Crippen LogP contribution in [0.25, 0.3) is 0 Å². The Balaban J connectivity index is 2.57. The lowest BCUT2D eigenvalue weighted by molar-refractivity contribution is -0.109. The summed E-state index contributed by atoms with van der Waals surface area (Å²) >= 11 is 0. The summed E-state index contributed by atoms with van der Waals surface area (Å²) in [5.74, 6) is -1.71. The molecule has 2 nitrogen and oxygen atoms in total. The van der Waals surface area contributed by atoms with Crippen LogP contribution >= 0.6 is 0 Å². The molecular weight excluding hydrogens is 176 g/mol. The van der Waals surface area contributed by atoms with Gasteiger partial charge in [-0.3, -0.25) is 4.79 Å². The van der Waals surface area contributed by atoms with Gasteiger partial charge in [0, 0.05) is 6.54 Å². The normalized spacial score (nSPS) is 9.69.